The summed E-state index contributed by atoms with van der Waals surface area (Å²) in [5.74, 6) is -0.0579. The lowest BCUT2D eigenvalue weighted by molar-refractivity contribution is -0.123. The molecule has 5 nitrogen and oxygen atoms in total. The van der Waals surface area contributed by atoms with Crippen LogP contribution >= 0.6 is 0 Å². The topological polar surface area (TPSA) is 70.6 Å². The molecule has 1 amide bonds. The third-order valence-corrected chi connectivity index (χ3v) is 3.22. The Morgan fingerprint density at radius 2 is 2.11 bits per heavy atom. The SMILES string of the molecule is COCc1ccc(CNC(=O)[C@H]2C[C@H](O)CN2)cc1. The molecule has 0 bridgehead atoms. The second-order valence-corrected chi connectivity index (χ2v) is 4.82. The number of carbonyl (C=O) groups is 1. The molecule has 1 aromatic carbocycles. The maximum atomic E-state index is 11.8. The fraction of sp³-hybridized carbons (Fsp3) is 0.500. The summed E-state index contributed by atoms with van der Waals surface area (Å²) in [6.07, 6.45) is 0.0718. The highest BCUT2D eigenvalue weighted by Crippen LogP contribution is 2.08. The Balaban J connectivity index is 1.80. The first-order chi connectivity index (χ1) is 9.19. The van der Waals surface area contributed by atoms with Gasteiger partial charge in [0.15, 0.2) is 0 Å². The van der Waals surface area contributed by atoms with Crippen molar-refractivity contribution >= 4 is 5.91 Å². The van der Waals surface area contributed by atoms with Gasteiger partial charge in [0.25, 0.3) is 0 Å². The molecule has 19 heavy (non-hydrogen) atoms. The fourth-order valence-electron chi connectivity index (χ4n) is 2.15. The third-order valence-electron chi connectivity index (χ3n) is 3.22. The molecule has 0 radical (unpaired) electrons. The maximum Gasteiger partial charge on any atom is 0.237 e. The number of methoxy groups -OCH3 is 1. The number of nitrogens with one attached hydrogen (secondary N) is 2. The summed E-state index contributed by atoms with van der Waals surface area (Å²) in [7, 11) is 1.66. The monoisotopic (exact) mass is 264 g/mol. The van der Waals surface area contributed by atoms with Gasteiger partial charge in [-0.05, 0) is 17.5 Å². The minimum atomic E-state index is -0.413. The highest BCUT2D eigenvalue weighted by molar-refractivity contribution is 5.82. The first-order valence-electron chi connectivity index (χ1n) is 6.45. The van der Waals surface area contributed by atoms with E-state index in [1.54, 1.807) is 7.11 Å². The summed E-state index contributed by atoms with van der Waals surface area (Å²) in [4.78, 5) is 11.8. The number of carbonyl (C=O) groups excluding carboxylic acids is 1. The molecule has 0 unspecified atom stereocenters. The lowest BCUT2D eigenvalue weighted by Gasteiger charge is -2.11. The largest absolute Gasteiger partial charge is 0.392 e. The molecular weight excluding hydrogens is 244 g/mol. The molecule has 1 heterocycles. The Kier molecular flexibility index (Phi) is 4.90. The summed E-state index contributed by atoms with van der Waals surface area (Å²) in [6.45, 7) is 1.58. The minimum Gasteiger partial charge on any atom is -0.392 e. The summed E-state index contributed by atoms with van der Waals surface area (Å²) < 4.78 is 5.04. The van der Waals surface area contributed by atoms with Crippen molar-refractivity contribution in [3.05, 3.63) is 35.4 Å². The van der Waals surface area contributed by atoms with Crippen LogP contribution in [0.2, 0.25) is 0 Å². The van der Waals surface area contributed by atoms with Gasteiger partial charge in [-0.25, -0.2) is 0 Å². The van der Waals surface area contributed by atoms with Gasteiger partial charge < -0.3 is 20.5 Å². The molecule has 1 aliphatic heterocycles. The lowest BCUT2D eigenvalue weighted by Crippen LogP contribution is -2.39. The molecule has 2 atom stereocenters. The summed E-state index contributed by atoms with van der Waals surface area (Å²) in [6, 6.07) is 7.66. The third kappa shape index (κ3) is 4.02. The van der Waals surface area contributed by atoms with Gasteiger partial charge in [0, 0.05) is 20.2 Å². The number of hydrogen-bond donors (Lipinski definition) is 3. The van der Waals surface area contributed by atoms with Crippen LogP contribution in [0.3, 0.4) is 0 Å². The number of ether oxygens (including phenoxy) is 1. The van der Waals surface area contributed by atoms with Crippen molar-refractivity contribution in [2.45, 2.75) is 31.7 Å². The number of aliphatic hydroxyl groups excluding tert-OH is 1. The molecule has 5 heteroatoms. The van der Waals surface area contributed by atoms with E-state index in [4.69, 9.17) is 4.74 Å². The van der Waals surface area contributed by atoms with Crippen molar-refractivity contribution in [3.8, 4) is 0 Å². The lowest BCUT2D eigenvalue weighted by atomic mass is 10.1. The van der Waals surface area contributed by atoms with Gasteiger partial charge in [-0.15, -0.1) is 0 Å². The van der Waals surface area contributed by atoms with Crippen LogP contribution in [0.4, 0.5) is 0 Å². The first kappa shape index (κ1) is 14.0. The highest BCUT2D eigenvalue weighted by atomic mass is 16.5. The average molecular weight is 264 g/mol. The fourth-order valence-corrected chi connectivity index (χ4v) is 2.15. The molecule has 1 aliphatic rings. The molecule has 0 spiro atoms. The zero-order valence-corrected chi connectivity index (χ0v) is 11.1. The standard InChI is InChI=1S/C14H20N2O3/c1-19-9-11-4-2-10(3-5-11)7-16-14(18)13-6-12(17)8-15-13/h2-5,12-13,15,17H,6-9H2,1H3,(H,16,18)/t12-,13+/m0/s1. The predicted octanol–water partition coefficient (Wildman–Crippen LogP) is 0.172. The molecule has 1 saturated heterocycles. The van der Waals surface area contributed by atoms with E-state index in [1.807, 2.05) is 24.3 Å². The normalized spacial score (nSPS) is 22.4. The van der Waals surface area contributed by atoms with Crippen LogP contribution in [-0.2, 0) is 22.7 Å². The number of amides is 1. The molecule has 2 rings (SSSR count). The number of benzene rings is 1. The zero-order valence-electron chi connectivity index (χ0n) is 11.1. The van der Waals surface area contributed by atoms with Crippen LogP contribution in [-0.4, -0.2) is 36.8 Å². The van der Waals surface area contributed by atoms with Crippen LogP contribution in [0, 0.1) is 0 Å². The van der Waals surface area contributed by atoms with Crippen LogP contribution < -0.4 is 10.6 Å². The van der Waals surface area contributed by atoms with E-state index in [9.17, 15) is 9.90 Å². The van der Waals surface area contributed by atoms with E-state index >= 15 is 0 Å². The number of aliphatic hydroxyl groups is 1. The quantitative estimate of drug-likeness (QED) is 0.709. The summed E-state index contributed by atoms with van der Waals surface area (Å²) >= 11 is 0. The van der Waals surface area contributed by atoms with E-state index in [1.165, 1.54) is 0 Å². The maximum absolute atomic E-state index is 11.8. The summed E-state index contributed by atoms with van der Waals surface area (Å²) in [5.41, 5.74) is 2.16. The number of β-amino-alcohol motifs (C(OH)–C–C–N with tert-alkyl or cyclic N) is 1. The Hall–Kier alpha value is -1.43. The van der Waals surface area contributed by atoms with Crippen LogP contribution in [0.5, 0.6) is 0 Å². The second-order valence-electron chi connectivity index (χ2n) is 4.82. The Bertz CT molecular complexity index is 419. The van der Waals surface area contributed by atoms with Gasteiger partial charge in [-0.1, -0.05) is 24.3 Å². The Morgan fingerprint density at radius 3 is 2.68 bits per heavy atom. The van der Waals surface area contributed by atoms with Gasteiger partial charge in [0.05, 0.1) is 18.8 Å². The number of hydrogen-bond acceptors (Lipinski definition) is 4. The van der Waals surface area contributed by atoms with Crippen molar-refractivity contribution in [3.63, 3.8) is 0 Å². The van der Waals surface area contributed by atoms with Crippen molar-refractivity contribution in [1.82, 2.24) is 10.6 Å². The molecule has 0 saturated carbocycles. The molecule has 1 fully saturated rings. The Labute approximate surface area is 113 Å². The molecule has 1 aromatic rings. The van der Waals surface area contributed by atoms with Crippen molar-refractivity contribution < 1.29 is 14.6 Å². The molecule has 104 valence electrons. The number of rotatable bonds is 5. The van der Waals surface area contributed by atoms with Gasteiger partial charge in [0.2, 0.25) is 5.91 Å². The van der Waals surface area contributed by atoms with Crippen LogP contribution in [0.15, 0.2) is 24.3 Å². The predicted molar refractivity (Wildman–Crippen MR) is 71.4 cm³/mol. The van der Waals surface area contributed by atoms with Crippen molar-refractivity contribution in [2.75, 3.05) is 13.7 Å². The van der Waals surface area contributed by atoms with Crippen molar-refractivity contribution in [1.29, 1.82) is 0 Å². The van der Waals surface area contributed by atoms with Crippen LogP contribution in [0.25, 0.3) is 0 Å². The van der Waals surface area contributed by atoms with Crippen LogP contribution in [0.1, 0.15) is 17.5 Å². The zero-order chi connectivity index (χ0) is 13.7. The molecule has 0 aliphatic carbocycles. The van der Waals surface area contributed by atoms with Gasteiger partial charge >= 0.3 is 0 Å². The molecular formula is C14H20N2O3. The smallest absolute Gasteiger partial charge is 0.237 e. The van der Waals surface area contributed by atoms with Crippen molar-refractivity contribution in [2.24, 2.45) is 0 Å². The molecule has 3 N–H and O–H groups in total. The van der Waals surface area contributed by atoms with E-state index in [0.717, 1.165) is 11.1 Å². The minimum absolute atomic E-state index is 0.0579. The van der Waals surface area contributed by atoms with E-state index in [0.29, 0.717) is 26.1 Å². The van der Waals surface area contributed by atoms with Gasteiger partial charge in [-0.3, -0.25) is 4.79 Å². The molecule has 0 aromatic heterocycles. The Morgan fingerprint density at radius 1 is 1.42 bits per heavy atom. The van der Waals surface area contributed by atoms with E-state index in [2.05, 4.69) is 10.6 Å². The summed E-state index contributed by atoms with van der Waals surface area (Å²) in [5, 5.41) is 15.2. The second kappa shape index (κ2) is 6.65. The van der Waals surface area contributed by atoms with Gasteiger partial charge in [-0.2, -0.15) is 0 Å². The van der Waals surface area contributed by atoms with E-state index in [-0.39, 0.29) is 11.9 Å². The highest BCUT2D eigenvalue weighted by Gasteiger charge is 2.27. The van der Waals surface area contributed by atoms with E-state index < -0.39 is 6.10 Å². The average Bonchev–Trinajstić information content (AvgIpc) is 2.85. The van der Waals surface area contributed by atoms with Gasteiger partial charge in [0.1, 0.15) is 0 Å². The first-order valence-corrected chi connectivity index (χ1v) is 6.45.